The minimum absolute atomic E-state index is 0.0313. The van der Waals surface area contributed by atoms with Crippen LogP contribution in [0.3, 0.4) is 0 Å². The third-order valence-corrected chi connectivity index (χ3v) is 7.59. The fourth-order valence-electron chi connectivity index (χ4n) is 4.20. The van der Waals surface area contributed by atoms with Gasteiger partial charge in [-0.15, -0.1) is 0 Å². The van der Waals surface area contributed by atoms with Crippen molar-refractivity contribution in [3.05, 3.63) is 47.0 Å². The maximum absolute atomic E-state index is 13.5. The summed E-state index contributed by atoms with van der Waals surface area (Å²) in [5.74, 6) is 0.553. The first-order valence-corrected chi connectivity index (χ1v) is 11.4. The van der Waals surface area contributed by atoms with Crippen LogP contribution in [0.5, 0.6) is 5.75 Å². The fraction of sp³-hybridized carbons (Fsp3) is 0.429. The number of nitrogens with one attached hydrogen (secondary N) is 1. The topological polar surface area (TPSA) is 61.9 Å². The second-order valence-electron chi connectivity index (χ2n) is 7.69. The van der Waals surface area contributed by atoms with E-state index in [0.717, 1.165) is 23.5 Å². The van der Waals surface area contributed by atoms with E-state index in [2.05, 4.69) is 5.32 Å². The molecule has 1 N–H and O–H groups in total. The average molecular weight is 456 g/mol. The van der Waals surface area contributed by atoms with Gasteiger partial charge in [0.15, 0.2) is 0 Å². The van der Waals surface area contributed by atoms with E-state index in [9.17, 15) is 21.6 Å². The van der Waals surface area contributed by atoms with Gasteiger partial charge in [0.1, 0.15) is 5.75 Å². The molecule has 4 rings (SSSR count). The summed E-state index contributed by atoms with van der Waals surface area (Å²) in [5, 5.41) is 3.24. The number of aryl methyl sites for hydroxylation is 1. The lowest BCUT2D eigenvalue weighted by Gasteiger charge is -2.31. The number of halogens is 3. The lowest BCUT2D eigenvalue weighted by Crippen LogP contribution is -2.43. The van der Waals surface area contributed by atoms with Gasteiger partial charge in [-0.3, -0.25) is 4.31 Å². The molecule has 0 radical (unpaired) electrons. The van der Waals surface area contributed by atoms with Crippen molar-refractivity contribution < 1.29 is 26.3 Å². The zero-order valence-electron chi connectivity index (χ0n) is 17.3. The van der Waals surface area contributed by atoms with Gasteiger partial charge >= 0.3 is 6.18 Å². The Bertz CT molecular complexity index is 1100. The van der Waals surface area contributed by atoms with Crippen LogP contribution in [-0.2, 0) is 22.6 Å². The molecule has 31 heavy (non-hydrogen) atoms. The number of nitrogens with zero attached hydrogens (tertiary/aromatic N) is 2. The maximum Gasteiger partial charge on any atom is 0.416 e. The zero-order chi connectivity index (χ0) is 22.4. The number of fused-ring (bicyclic) bond motifs is 1. The highest BCUT2D eigenvalue weighted by molar-refractivity contribution is 7.92. The molecule has 2 aromatic rings. The van der Waals surface area contributed by atoms with Gasteiger partial charge in [0.2, 0.25) is 0 Å². The van der Waals surface area contributed by atoms with E-state index in [1.807, 2.05) is 4.90 Å². The monoisotopic (exact) mass is 455 g/mol. The Kier molecular flexibility index (Phi) is 5.55. The number of sulfonamides is 1. The third kappa shape index (κ3) is 3.94. The molecule has 0 bridgehead atoms. The number of anilines is 2. The van der Waals surface area contributed by atoms with Crippen LogP contribution in [0.25, 0.3) is 0 Å². The molecule has 1 fully saturated rings. The molecule has 0 unspecified atom stereocenters. The lowest BCUT2D eigenvalue weighted by molar-refractivity contribution is -0.138. The Balaban J connectivity index is 1.76. The lowest BCUT2D eigenvalue weighted by atomic mass is 10.0. The molecule has 0 amide bonds. The van der Waals surface area contributed by atoms with Gasteiger partial charge < -0.3 is 15.0 Å². The molecule has 2 aromatic carbocycles. The fourth-order valence-corrected chi connectivity index (χ4v) is 5.71. The molecule has 10 heteroatoms. The minimum Gasteiger partial charge on any atom is -0.495 e. The predicted molar refractivity (Wildman–Crippen MR) is 112 cm³/mol. The van der Waals surface area contributed by atoms with Gasteiger partial charge in [-0.1, -0.05) is 6.07 Å². The zero-order valence-corrected chi connectivity index (χ0v) is 18.1. The number of methoxy groups -OCH3 is 1. The van der Waals surface area contributed by atoms with E-state index in [4.69, 9.17) is 4.74 Å². The summed E-state index contributed by atoms with van der Waals surface area (Å²) in [6.07, 6.45) is -4.18. The van der Waals surface area contributed by atoms with E-state index in [1.165, 1.54) is 26.2 Å². The highest BCUT2D eigenvalue weighted by Gasteiger charge is 2.37. The number of rotatable bonds is 4. The van der Waals surface area contributed by atoms with E-state index < -0.39 is 21.8 Å². The largest absolute Gasteiger partial charge is 0.495 e. The van der Waals surface area contributed by atoms with Crippen LogP contribution < -0.4 is 19.3 Å². The standard InChI is InChI=1S/C21H24F3N3O3S/c1-14-11-15-5-8-27(18(15)13-17(14)21(22,23)24)31(28,29)16-3-4-20(30-2)19(12-16)26-9-6-25-7-10-26/h3-4,11-13,25H,5-10H2,1-2H3. The van der Waals surface area contributed by atoms with Gasteiger partial charge in [-0.05, 0) is 48.7 Å². The van der Waals surface area contributed by atoms with Crippen LogP contribution in [0.4, 0.5) is 24.5 Å². The van der Waals surface area contributed by atoms with Crippen molar-refractivity contribution in [3.63, 3.8) is 0 Å². The van der Waals surface area contributed by atoms with Gasteiger partial charge in [0.25, 0.3) is 10.0 Å². The van der Waals surface area contributed by atoms with Crippen LogP contribution in [-0.4, -0.2) is 48.3 Å². The number of ether oxygens (including phenoxy) is 1. The second kappa shape index (κ2) is 7.90. The number of hydrogen-bond acceptors (Lipinski definition) is 5. The molecule has 0 aliphatic carbocycles. The molecule has 0 aromatic heterocycles. The Morgan fingerprint density at radius 2 is 1.74 bits per heavy atom. The quantitative estimate of drug-likeness (QED) is 0.768. The molecule has 1 saturated heterocycles. The summed E-state index contributed by atoms with van der Waals surface area (Å²) < 4.78 is 73.6. The number of piperazine rings is 1. The van der Waals surface area contributed by atoms with Crippen LogP contribution in [0.1, 0.15) is 16.7 Å². The summed E-state index contributed by atoms with van der Waals surface area (Å²) in [7, 11) is -2.52. The molecule has 2 aliphatic rings. The summed E-state index contributed by atoms with van der Waals surface area (Å²) in [4.78, 5) is 2.07. The minimum atomic E-state index is -4.55. The van der Waals surface area contributed by atoms with Crippen molar-refractivity contribution in [1.82, 2.24) is 5.32 Å². The Morgan fingerprint density at radius 1 is 1.03 bits per heavy atom. The third-order valence-electron chi connectivity index (χ3n) is 5.78. The highest BCUT2D eigenvalue weighted by Crippen LogP contribution is 2.41. The molecule has 0 spiro atoms. The van der Waals surface area contributed by atoms with E-state index in [-0.39, 0.29) is 22.7 Å². The second-order valence-corrected chi connectivity index (χ2v) is 9.55. The number of benzene rings is 2. The first-order chi connectivity index (χ1) is 14.6. The van der Waals surface area contributed by atoms with Crippen LogP contribution in [0, 0.1) is 6.92 Å². The summed E-state index contributed by atoms with van der Waals surface area (Å²) >= 11 is 0. The first-order valence-electron chi connectivity index (χ1n) is 10.00. The predicted octanol–water partition coefficient (Wildman–Crippen LogP) is 3.18. The Labute approximate surface area is 179 Å². The van der Waals surface area contributed by atoms with Crippen molar-refractivity contribution in [2.24, 2.45) is 0 Å². The summed E-state index contributed by atoms with van der Waals surface area (Å²) in [6, 6.07) is 6.98. The molecule has 168 valence electrons. The van der Waals surface area contributed by atoms with Crippen molar-refractivity contribution in [2.75, 3.05) is 49.0 Å². The molecule has 2 aliphatic heterocycles. The van der Waals surface area contributed by atoms with Gasteiger partial charge in [0.05, 0.1) is 28.9 Å². The molecule has 0 saturated carbocycles. The van der Waals surface area contributed by atoms with Gasteiger partial charge in [-0.25, -0.2) is 8.42 Å². The Hall–Kier alpha value is -2.46. The van der Waals surface area contributed by atoms with Crippen LogP contribution in [0.2, 0.25) is 0 Å². The molecule has 6 nitrogen and oxygen atoms in total. The van der Waals surface area contributed by atoms with Crippen LogP contribution in [0.15, 0.2) is 35.2 Å². The highest BCUT2D eigenvalue weighted by atomic mass is 32.2. The van der Waals surface area contributed by atoms with Crippen molar-refractivity contribution in [2.45, 2.75) is 24.4 Å². The Morgan fingerprint density at radius 3 is 2.39 bits per heavy atom. The van der Waals surface area contributed by atoms with E-state index >= 15 is 0 Å². The van der Waals surface area contributed by atoms with Gasteiger partial charge in [-0.2, -0.15) is 13.2 Å². The van der Waals surface area contributed by atoms with Crippen molar-refractivity contribution in [3.8, 4) is 5.75 Å². The SMILES string of the molecule is COc1ccc(S(=O)(=O)N2CCc3cc(C)c(C(F)(F)F)cc32)cc1N1CCNCC1. The van der Waals surface area contributed by atoms with Crippen molar-refractivity contribution >= 4 is 21.4 Å². The summed E-state index contributed by atoms with van der Waals surface area (Å²) in [6.45, 7) is 4.41. The number of alkyl halides is 3. The molecule has 0 atom stereocenters. The number of hydrogen-bond donors (Lipinski definition) is 1. The normalized spacial score (nSPS) is 17.1. The van der Waals surface area contributed by atoms with E-state index in [0.29, 0.717) is 36.5 Å². The molecular formula is C21H24F3N3O3S. The van der Waals surface area contributed by atoms with Gasteiger partial charge in [0, 0.05) is 32.7 Å². The molecule has 2 heterocycles. The average Bonchev–Trinajstić information content (AvgIpc) is 3.16. The summed E-state index contributed by atoms with van der Waals surface area (Å²) in [5.41, 5.74) is 0.632. The van der Waals surface area contributed by atoms with Crippen molar-refractivity contribution in [1.29, 1.82) is 0 Å². The first kappa shape index (κ1) is 21.8. The van der Waals surface area contributed by atoms with E-state index in [1.54, 1.807) is 12.1 Å². The van der Waals surface area contributed by atoms with Crippen LogP contribution >= 0.6 is 0 Å². The smallest absolute Gasteiger partial charge is 0.416 e. The maximum atomic E-state index is 13.5. The molecular weight excluding hydrogens is 431 g/mol.